The molecule has 0 radical (unpaired) electrons. The Kier molecular flexibility index (Phi) is 8.92. The van der Waals surface area contributed by atoms with Crippen molar-refractivity contribution in [1.82, 2.24) is 14.8 Å². The Morgan fingerprint density at radius 3 is 2.41 bits per heavy atom. The summed E-state index contributed by atoms with van der Waals surface area (Å²) in [5, 5.41) is 5.27. The van der Waals surface area contributed by atoms with Gasteiger partial charge in [-0.05, 0) is 18.9 Å². The maximum absolute atomic E-state index is 12.4. The number of aryl methyl sites for hydroxylation is 1. The number of ether oxygens (including phenoxy) is 1. The average molecular weight is 477 g/mol. The molecule has 0 unspecified atom stereocenters. The number of benzene rings is 1. The summed E-state index contributed by atoms with van der Waals surface area (Å²) in [6, 6.07) is 8.23. The van der Waals surface area contributed by atoms with Crippen LogP contribution in [0.1, 0.15) is 19.4 Å². The van der Waals surface area contributed by atoms with E-state index in [0.717, 1.165) is 17.7 Å². The van der Waals surface area contributed by atoms with Gasteiger partial charge in [0, 0.05) is 37.1 Å². The molecule has 1 N–H and O–H groups in total. The summed E-state index contributed by atoms with van der Waals surface area (Å²) in [7, 11) is 0. The Bertz CT molecular complexity index is 924. The molecule has 1 fully saturated rings. The van der Waals surface area contributed by atoms with Gasteiger partial charge in [0.15, 0.2) is 5.13 Å². The molecule has 8 nitrogen and oxygen atoms in total. The Morgan fingerprint density at radius 1 is 1.06 bits per heavy atom. The zero-order valence-electron chi connectivity index (χ0n) is 18.3. The minimum Gasteiger partial charge on any atom is -0.450 e. The van der Waals surface area contributed by atoms with Crippen LogP contribution in [-0.4, -0.2) is 77.0 Å². The third kappa shape index (κ3) is 6.70. The van der Waals surface area contributed by atoms with Crippen LogP contribution in [0, 0.1) is 0 Å². The van der Waals surface area contributed by atoms with E-state index in [1.807, 2.05) is 17.5 Å². The average Bonchev–Trinajstić information content (AvgIpc) is 3.27. The molecule has 2 heterocycles. The third-order valence-electron chi connectivity index (χ3n) is 5.03. The van der Waals surface area contributed by atoms with Gasteiger partial charge >= 0.3 is 6.09 Å². The van der Waals surface area contributed by atoms with Gasteiger partial charge in [0.2, 0.25) is 11.8 Å². The normalized spacial score (nSPS) is 13.7. The molecule has 3 rings (SSSR count). The van der Waals surface area contributed by atoms with Gasteiger partial charge in [-0.1, -0.05) is 31.2 Å². The molecule has 1 aromatic heterocycles. The van der Waals surface area contributed by atoms with Crippen molar-refractivity contribution in [2.45, 2.75) is 20.3 Å². The number of rotatable bonds is 8. The fraction of sp³-hybridized carbons (Fsp3) is 0.455. The predicted octanol–water partition coefficient (Wildman–Crippen LogP) is 3.34. The second-order valence-corrected chi connectivity index (χ2v) is 9.04. The fourth-order valence-electron chi connectivity index (χ4n) is 3.21. The van der Waals surface area contributed by atoms with Gasteiger partial charge in [-0.3, -0.25) is 9.59 Å². The third-order valence-corrected chi connectivity index (χ3v) is 6.70. The molecule has 2 aromatic rings. The number of amides is 3. The van der Waals surface area contributed by atoms with Crippen molar-refractivity contribution in [2.24, 2.45) is 0 Å². The largest absolute Gasteiger partial charge is 0.450 e. The van der Waals surface area contributed by atoms with Crippen LogP contribution in [0.5, 0.6) is 0 Å². The lowest BCUT2D eigenvalue weighted by molar-refractivity contribution is -0.129. The van der Waals surface area contributed by atoms with E-state index in [9.17, 15) is 14.4 Å². The Balaban J connectivity index is 1.38. The highest BCUT2D eigenvalue weighted by atomic mass is 32.2. The van der Waals surface area contributed by atoms with Gasteiger partial charge in [-0.2, -0.15) is 0 Å². The van der Waals surface area contributed by atoms with Crippen LogP contribution < -0.4 is 5.32 Å². The van der Waals surface area contributed by atoms with Crippen LogP contribution in [0.3, 0.4) is 0 Å². The number of nitrogens with one attached hydrogen (secondary N) is 1. The Morgan fingerprint density at radius 2 is 1.75 bits per heavy atom. The van der Waals surface area contributed by atoms with Gasteiger partial charge in [0.25, 0.3) is 0 Å². The predicted molar refractivity (Wildman–Crippen MR) is 128 cm³/mol. The number of anilines is 1. The molecule has 0 bridgehead atoms. The number of hydrogen-bond donors (Lipinski definition) is 1. The van der Waals surface area contributed by atoms with Gasteiger partial charge < -0.3 is 19.9 Å². The summed E-state index contributed by atoms with van der Waals surface area (Å²) in [4.78, 5) is 44.1. The molecule has 0 saturated carbocycles. The number of piperazine rings is 1. The van der Waals surface area contributed by atoms with Crippen molar-refractivity contribution in [2.75, 3.05) is 49.6 Å². The van der Waals surface area contributed by atoms with Crippen LogP contribution >= 0.6 is 23.1 Å². The first-order valence-corrected chi connectivity index (χ1v) is 12.7. The molecule has 32 heavy (non-hydrogen) atoms. The lowest BCUT2D eigenvalue weighted by Crippen LogP contribution is -2.51. The number of hydrogen-bond acceptors (Lipinski definition) is 7. The molecule has 3 amide bonds. The topological polar surface area (TPSA) is 91.8 Å². The summed E-state index contributed by atoms with van der Waals surface area (Å²) < 4.78 is 4.98. The number of nitrogens with zero attached hydrogens (tertiary/aromatic N) is 3. The fourth-order valence-corrected chi connectivity index (χ4v) is 4.66. The second kappa shape index (κ2) is 11.9. The minimum absolute atomic E-state index is 0.0293. The van der Waals surface area contributed by atoms with Crippen molar-refractivity contribution in [3.63, 3.8) is 0 Å². The highest BCUT2D eigenvalue weighted by Gasteiger charge is 2.24. The first kappa shape index (κ1) is 24.1. The molecule has 1 aromatic carbocycles. The summed E-state index contributed by atoms with van der Waals surface area (Å²) >= 11 is 2.65. The van der Waals surface area contributed by atoms with E-state index in [1.165, 1.54) is 28.7 Å². The van der Waals surface area contributed by atoms with Crippen molar-refractivity contribution in [1.29, 1.82) is 0 Å². The van der Waals surface area contributed by atoms with Gasteiger partial charge in [0.1, 0.15) is 0 Å². The zero-order chi connectivity index (χ0) is 22.9. The number of carbonyl (C=O) groups excluding carboxylic acids is 3. The van der Waals surface area contributed by atoms with Crippen molar-refractivity contribution in [3.05, 3.63) is 35.2 Å². The molecule has 1 saturated heterocycles. The van der Waals surface area contributed by atoms with E-state index >= 15 is 0 Å². The number of aromatic nitrogens is 1. The summed E-state index contributed by atoms with van der Waals surface area (Å²) in [5.74, 6) is 0.185. The molecule has 0 atom stereocenters. The van der Waals surface area contributed by atoms with E-state index in [4.69, 9.17) is 4.74 Å². The van der Waals surface area contributed by atoms with E-state index in [0.29, 0.717) is 37.9 Å². The Labute approximate surface area is 196 Å². The molecule has 172 valence electrons. The summed E-state index contributed by atoms with van der Waals surface area (Å²) in [6.45, 7) is 6.10. The molecule has 1 aliphatic rings. The SMILES string of the molecule is CCOC(=O)N1CCN(C(=O)CSCC(=O)Nc2nc(-c3ccc(CC)cc3)cs2)CC1. The summed E-state index contributed by atoms with van der Waals surface area (Å²) in [6.07, 6.45) is 0.650. The molecular formula is C22H28N4O4S2. The highest BCUT2D eigenvalue weighted by molar-refractivity contribution is 8.00. The molecule has 1 aliphatic heterocycles. The van der Waals surface area contributed by atoms with Crippen LogP contribution in [-0.2, 0) is 20.7 Å². The molecular weight excluding hydrogens is 448 g/mol. The quantitative estimate of drug-likeness (QED) is 0.628. The van der Waals surface area contributed by atoms with E-state index in [1.54, 1.807) is 16.7 Å². The van der Waals surface area contributed by atoms with Gasteiger partial charge in [0.05, 0.1) is 23.8 Å². The van der Waals surface area contributed by atoms with Gasteiger partial charge in [-0.25, -0.2) is 9.78 Å². The zero-order valence-corrected chi connectivity index (χ0v) is 20.0. The maximum Gasteiger partial charge on any atom is 0.409 e. The van der Waals surface area contributed by atoms with Crippen molar-refractivity contribution < 1.29 is 19.1 Å². The minimum atomic E-state index is -0.339. The van der Waals surface area contributed by atoms with Crippen LogP contribution in [0.15, 0.2) is 29.6 Å². The van der Waals surface area contributed by atoms with Crippen LogP contribution in [0.2, 0.25) is 0 Å². The van der Waals surface area contributed by atoms with Crippen LogP contribution in [0.25, 0.3) is 11.3 Å². The monoisotopic (exact) mass is 476 g/mol. The smallest absolute Gasteiger partial charge is 0.409 e. The van der Waals surface area contributed by atoms with E-state index in [-0.39, 0.29) is 29.4 Å². The van der Waals surface area contributed by atoms with E-state index < -0.39 is 0 Å². The van der Waals surface area contributed by atoms with Crippen LogP contribution in [0.4, 0.5) is 9.93 Å². The highest BCUT2D eigenvalue weighted by Crippen LogP contribution is 2.25. The standard InChI is InChI=1S/C22H28N4O4S2/c1-3-16-5-7-17(8-6-16)18-13-32-21(23-18)24-19(27)14-31-15-20(28)25-9-11-26(12-10-25)22(29)30-4-2/h5-8,13H,3-4,9-12,14-15H2,1-2H3,(H,23,24,27). The number of thioether (sulfide) groups is 1. The Hall–Kier alpha value is -2.59. The first-order chi connectivity index (χ1) is 15.5. The van der Waals surface area contributed by atoms with Crippen molar-refractivity contribution in [3.8, 4) is 11.3 Å². The molecule has 0 aliphatic carbocycles. The number of carbonyl (C=O) groups is 3. The van der Waals surface area contributed by atoms with Crippen molar-refractivity contribution >= 4 is 46.1 Å². The second-order valence-electron chi connectivity index (χ2n) is 7.20. The summed E-state index contributed by atoms with van der Waals surface area (Å²) in [5.41, 5.74) is 3.12. The lowest BCUT2D eigenvalue weighted by Gasteiger charge is -2.34. The maximum atomic E-state index is 12.4. The number of thiazole rings is 1. The molecule has 10 heteroatoms. The van der Waals surface area contributed by atoms with E-state index in [2.05, 4.69) is 29.4 Å². The first-order valence-electron chi connectivity index (χ1n) is 10.6. The van der Waals surface area contributed by atoms with Gasteiger partial charge in [-0.15, -0.1) is 23.1 Å². The lowest BCUT2D eigenvalue weighted by atomic mass is 10.1. The molecule has 0 spiro atoms.